The third kappa shape index (κ3) is 3.09. The summed E-state index contributed by atoms with van der Waals surface area (Å²) in [5.41, 5.74) is -0.682. The van der Waals surface area contributed by atoms with Crippen LogP contribution in [0.4, 0.5) is 0 Å². The third-order valence-corrected chi connectivity index (χ3v) is 6.47. The minimum atomic E-state index is -3.28. The number of carbonyl (C=O) groups is 2. The number of carbonyl (C=O) groups excluding carboxylic acids is 2. The molecule has 2 amide bonds. The molecule has 130 valence electrons. The molecule has 3 rings (SSSR count). The van der Waals surface area contributed by atoms with Crippen molar-refractivity contribution in [2.24, 2.45) is 11.3 Å². The number of rotatable bonds is 5. The fraction of sp³-hybridized carbons (Fsp3) is 0.857. The number of sulfonamides is 1. The van der Waals surface area contributed by atoms with Gasteiger partial charge in [0, 0.05) is 58.2 Å². The molecule has 3 aliphatic heterocycles. The van der Waals surface area contributed by atoms with Crippen LogP contribution in [0.25, 0.3) is 0 Å². The third-order valence-electron chi connectivity index (χ3n) is 5.26. The van der Waals surface area contributed by atoms with E-state index in [1.54, 1.807) is 4.90 Å². The Bertz CT molecular complexity index is 608. The predicted molar refractivity (Wildman–Crippen MR) is 84.0 cm³/mol. The summed E-state index contributed by atoms with van der Waals surface area (Å²) in [5.74, 6) is 0.0397. The Hall–Kier alpha value is -1.19. The van der Waals surface area contributed by atoms with Gasteiger partial charge in [0.15, 0.2) is 0 Å². The van der Waals surface area contributed by atoms with Crippen molar-refractivity contribution in [3.8, 4) is 0 Å². The maximum Gasteiger partial charge on any atom is 0.229 e. The van der Waals surface area contributed by atoms with E-state index in [4.69, 9.17) is 0 Å². The van der Waals surface area contributed by atoms with Gasteiger partial charge in [0.25, 0.3) is 0 Å². The maximum absolute atomic E-state index is 12.7. The Morgan fingerprint density at radius 2 is 2.26 bits per heavy atom. The average Bonchev–Trinajstić information content (AvgIpc) is 3.12. The zero-order chi connectivity index (χ0) is 16.7. The van der Waals surface area contributed by atoms with Crippen molar-refractivity contribution in [1.82, 2.24) is 19.8 Å². The molecule has 2 N–H and O–H groups in total. The van der Waals surface area contributed by atoms with Gasteiger partial charge in [-0.25, -0.2) is 12.7 Å². The van der Waals surface area contributed by atoms with Crippen LogP contribution >= 0.6 is 0 Å². The first-order chi connectivity index (χ1) is 10.8. The minimum Gasteiger partial charge on any atom is -0.354 e. The molecule has 0 aliphatic carbocycles. The molecule has 0 bridgehead atoms. The maximum atomic E-state index is 12.7. The number of hydrogen-bond donors (Lipinski definition) is 2. The summed E-state index contributed by atoms with van der Waals surface area (Å²) < 4.78 is 25.0. The largest absolute Gasteiger partial charge is 0.354 e. The van der Waals surface area contributed by atoms with Crippen molar-refractivity contribution >= 4 is 21.8 Å². The van der Waals surface area contributed by atoms with Gasteiger partial charge in [-0.3, -0.25) is 9.59 Å². The van der Waals surface area contributed by atoms with Crippen molar-refractivity contribution in [3.05, 3.63) is 0 Å². The first-order valence-corrected chi connectivity index (χ1v) is 9.90. The Balaban J connectivity index is 1.60. The van der Waals surface area contributed by atoms with E-state index in [1.807, 2.05) is 0 Å². The first kappa shape index (κ1) is 16.7. The number of fused-ring (bicyclic) bond motifs is 1. The number of amides is 2. The normalized spacial score (nSPS) is 31.6. The molecule has 8 nitrogen and oxygen atoms in total. The Morgan fingerprint density at radius 1 is 1.48 bits per heavy atom. The topological polar surface area (TPSA) is 98.8 Å². The van der Waals surface area contributed by atoms with Crippen molar-refractivity contribution in [1.29, 1.82) is 0 Å². The molecule has 0 unspecified atom stereocenters. The van der Waals surface area contributed by atoms with Gasteiger partial charge in [0.2, 0.25) is 21.8 Å². The Labute approximate surface area is 136 Å². The number of nitrogens with zero attached hydrogens (tertiary/aromatic N) is 2. The second kappa shape index (κ2) is 6.03. The van der Waals surface area contributed by atoms with Crippen molar-refractivity contribution in [2.45, 2.75) is 12.8 Å². The molecule has 0 saturated carbocycles. The molecule has 0 radical (unpaired) electrons. The van der Waals surface area contributed by atoms with E-state index in [-0.39, 0.29) is 24.3 Å². The summed E-state index contributed by atoms with van der Waals surface area (Å²) in [7, 11) is -3.28. The smallest absolute Gasteiger partial charge is 0.229 e. The lowest BCUT2D eigenvalue weighted by atomic mass is 9.80. The molecular weight excluding hydrogens is 320 g/mol. The van der Waals surface area contributed by atoms with Crippen molar-refractivity contribution < 1.29 is 18.0 Å². The number of likely N-dealkylation sites (tertiary alicyclic amines) is 1. The average molecular weight is 344 g/mol. The predicted octanol–water partition coefficient (Wildman–Crippen LogP) is -1.79. The van der Waals surface area contributed by atoms with Gasteiger partial charge in [-0.1, -0.05) is 0 Å². The van der Waals surface area contributed by atoms with E-state index in [9.17, 15) is 18.0 Å². The highest BCUT2D eigenvalue weighted by Gasteiger charge is 2.56. The van der Waals surface area contributed by atoms with Gasteiger partial charge < -0.3 is 15.5 Å². The van der Waals surface area contributed by atoms with E-state index in [2.05, 4.69) is 10.6 Å². The minimum absolute atomic E-state index is 0.00523. The van der Waals surface area contributed by atoms with Crippen LogP contribution in [-0.4, -0.2) is 81.5 Å². The van der Waals surface area contributed by atoms with Gasteiger partial charge in [0.1, 0.15) is 0 Å². The number of hydrogen-bond acceptors (Lipinski definition) is 5. The molecule has 3 aliphatic rings. The van der Waals surface area contributed by atoms with Crippen LogP contribution in [0.15, 0.2) is 0 Å². The molecular formula is C14H24N4O4S. The van der Waals surface area contributed by atoms with Crippen LogP contribution in [0.1, 0.15) is 12.8 Å². The van der Waals surface area contributed by atoms with E-state index in [0.29, 0.717) is 39.1 Å². The van der Waals surface area contributed by atoms with Crippen LogP contribution in [0.2, 0.25) is 0 Å². The molecule has 3 fully saturated rings. The molecule has 0 spiro atoms. The van der Waals surface area contributed by atoms with E-state index in [0.717, 1.165) is 13.0 Å². The molecule has 3 saturated heterocycles. The summed E-state index contributed by atoms with van der Waals surface area (Å²) >= 11 is 0. The first-order valence-electron chi connectivity index (χ1n) is 8.05. The Morgan fingerprint density at radius 3 is 2.91 bits per heavy atom. The molecule has 23 heavy (non-hydrogen) atoms. The lowest BCUT2D eigenvalue weighted by Crippen LogP contribution is -2.49. The van der Waals surface area contributed by atoms with Crippen molar-refractivity contribution in [3.63, 3.8) is 0 Å². The fourth-order valence-electron chi connectivity index (χ4n) is 3.87. The standard InChI is InChI=1S/C14H24N4O4S/c1-23(21,22)18-8-11-7-15-9-14(11,10-18)13(20)16-4-6-17-5-2-3-12(17)19/h11,15H,2-10H2,1H3,(H,16,20)/t11-,14-/m1/s1. The van der Waals surface area contributed by atoms with E-state index in [1.165, 1.54) is 10.6 Å². The summed E-state index contributed by atoms with van der Waals surface area (Å²) in [4.78, 5) is 26.0. The zero-order valence-corrected chi connectivity index (χ0v) is 14.2. The quantitative estimate of drug-likeness (QED) is 0.613. The molecule has 9 heteroatoms. The Kier molecular flexibility index (Phi) is 4.37. The second-order valence-electron chi connectivity index (χ2n) is 6.78. The second-order valence-corrected chi connectivity index (χ2v) is 8.76. The number of nitrogens with one attached hydrogen (secondary N) is 2. The van der Waals surface area contributed by atoms with Gasteiger partial charge in [-0.15, -0.1) is 0 Å². The molecule has 2 atom stereocenters. The monoisotopic (exact) mass is 344 g/mol. The fourth-order valence-corrected chi connectivity index (χ4v) is 4.79. The van der Waals surface area contributed by atoms with E-state index >= 15 is 0 Å². The van der Waals surface area contributed by atoms with E-state index < -0.39 is 15.4 Å². The van der Waals surface area contributed by atoms with Gasteiger partial charge in [0.05, 0.1) is 11.7 Å². The lowest BCUT2D eigenvalue weighted by Gasteiger charge is -2.27. The van der Waals surface area contributed by atoms with Crippen LogP contribution < -0.4 is 10.6 Å². The summed E-state index contributed by atoms with van der Waals surface area (Å²) in [6.07, 6.45) is 2.66. The van der Waals surface area contributed by atoms with Gasteiger partial charge >= 0.3 is 0 Å². The molecule has 3 heterocycles. The van der Waals surface area contributed by atoms with Gasteiger partial charge in [-0.05, 0) is 6.42 Å². The van der Waals surface area contributed by atoms with Crippen LogP contribution in [0, 0.1) is 11.3 Å². The molecule has 0 aromatic carbocycles. The SMILES string of the molecule is CS(=O)(=O)N1C[C@H]2CNC[C@@]2(C(=O)NCCN2CCCC2=O)C1. The van der Waals surface area contributed by atoms with Crippen molar-refractivity contribution in [2.75, 3.05) is 52.1 Å². The zero-order valence-electron chi connectivity index (χ0n) is 13.4. The van der Waals surface area contributed by atoms with Crippen LogP contribution in [0.3, 0.4) is 0 Å². The highest BCUT2D eigenvalue weighted by molar-refractivity contribution is 7.88. The van der Waals surface area contributed by atoms with Gasteiger partial charge in [-0.2, -0.15) is 0 Å². The summed E-state index contributed by atoms with van der Waals surface area (Å²) in [6, 6.07) is 0. The highest BCUT2D eigenvalue weighted by Crippen LogP contribution is 2.40. The summed E-state index contributed by atoms with van der Waals surface area (Å²) in [6.45, 7) is 3.47. The highest BCUT2D eigenvalue weighted by atomic mass is 32.2. The molecule has 0 aromatic heterocycles. The van der Waals surface area contributed by atoms with Crippen LogP contribution in [-0.2, 0) is 19.6 Å². The molecule has 0 aromatic rings. The lowest BCUT2D eigenvalue weighted by molar-refractivity contribution is -0.132. The summed E-state index contributed by atoms with van der Waals surface area (Å²) in [5, 5.41) is 6.12. The van der Waals surface area contributed by atoms with Crippen LogP contribution in [0.5, 0.6) is 0 Å².